The molecule has 0 aromatic heterocycles. The minimum atomic E-state index is -0.451. The van der Waals surface area contributed by atoms with E-state index in [4.69, 9.17) is 4.74 Å². The number of non-ortho nitro benzene ring substituents is 1. The Morgan fingerprint density at radius 2 is 1.60 bits per heavy atom. The second kappa shape index (κ2) is 10.8. The predicted octanol–water partition coefficient (Wildman–Crippen LogP) is 7.24. The topological polar surface area (TPSA) is 89.8 Å². The van der Waals surface area contributed by atoms with Gasteiger partial charge in [-0.15, -0.1) is 0 Å². The molecule has 0 N–H and O–H groups in total. The van der Waals surface area contributed by atoms with E-state index in [-0.39, 0.29) is 30.0 Å². The standard InChI is InChI=1S/C25H18Br2N2O5S/c1-15-2-4-16(5-3-15)13-28-24(30)22(35-25(28)31)12-18-10-20(26)23(21(27)11-18)34-14-17-6-8-19(9-7-17)29(32)33/h2-12H,13-14H2,1H3/b22-12-. The van der Waals surface area contributed by atoms with Crippen LogP contribution in [-0.2, 0) is 17.9 Å². The number of nitrogens with zero attached hydrogens (tertiary/aromatic N) is 2. The SMILES string of the molecule is Cc1ccc(CN2C(=O)S/C(=C\c3cc(Br)c(OCc4ccc([N+](=O)[O-])cc4)c(Br)c3)C2=O)cc1. The van der Waals surface area contributed by atoms with Crippen molar-refractivity contribution < 1.29 is 19.2 Å². The van der Waals surface area contributed by atoms with Crippen molar-refractivity contribution in [3.8, 4) is 5.75 Å². The van der Waals surface area contributed by atoms with E-state index in [1.54, 1.807) is 30.3 Å². The number of halogens is 2. The van der Waals surface area contributed by atoms with Gasteiger partial charge in [0.25, 0.3) is 16.8 Å². The molecule has 1 heterocycles. The highest BCUT2D eigenvalue weighted by atomic mass is 79.9. The van der Waals surface area contributed by atoms with E-state index in [1.165, 1.54) is 17.0 Å². The molecule has 3 aromatic rings. The van der Waals surface area contributed by atoms with Crippen LogP contribution >= 0.6 is 43.6 Å². The van der Waals surface area contributed by atoms with Crippen molar-refractivity contribution in [3.05, 3.63) is 107 Å². The summed E-state index contributed by atoms with van der Waals surface area (Å²) in [6.45, 7) is 2.42. The number of carbonyl (C=O) groups is 2. The summed E-state index contributed by atoms with van der Waals surface area (Å²) >= 11 is 7.91. The van der Waals surface area contributed by atoms with Gasteiger partial charge in [0.15, 0.2) is 0 Å². The summed E-state index contributed by atoms with van der Waals surface area (Å²) in [6, 6.07) is 17.4. The maximum Gasteiger partial charge on any atom is 0.293 e. The third-order valence-electron chi connectivity index (χ3n) is 5.18. The van der Waals surface area contributed by atoms with Crippen molar-refractivity contribution in [2.45, 2.75) is 20.1 Å². The average molecular weight is 618 g/mol. The van der Waals surface area contributed by atoms with Crippen molar-refractivity contribution in [3.63, 3.8) is 0 Å². The van der Waals surface area contributed by atoms with Crippen molar-refractivity contribution in [1.29, 1.82) is 0 Å². The van der Waals surface area contributed by atoms with Crippen molar-refractivity contribution in [1.82, 2.24) is 4.90 Å². The number of benzene rings is 3. The molecule has 178 valence electrons. The monoisotopic (exact) mass is 616 g/mol. The van der Waals surface area contributed by atoms with Gasteiger partial charge < -0.3 is 4.74 Å². The van der Waals surface area contributed by atoms with Crippen molar-refractivity contribution in [2.24, 2.45) is 0 Å². The first-order chi connectivity index (χ1) is 16.7. The maximum atomic E-state index is 12.9. The number of thioether (sulfide) groups is 1. The Morgan fingerprint density at radius 1 is 1.00 bits per heavy atom. The summed E-state index contributed by atoms with van der Waals surface area (Å²) in [5.74, 6) is 0.222. The van der Waals surface area contributed by atoms with Crippen LogP contribution < -0.4 is 4.74 Å². The zero-order chi connectivity index (χ0) is 25.1. The Hall–Kier alpha value is -2.95. The van der Waals surface area contributed by atoms with Gasteiger partial charge in [-0.3, -0.25) is 24.6 Å². The van der Waals surface area contributed by atoms with E-state index >= 15 is 0 Å². The highest BCUT2D eigenvalue weighted by molar-refractivity contribution is 9.11. The minimum absolute atomic E-state index is 0.0174. The Balaban J connectivity index is 1.47. The highest BCUT2D eigenvalue weighted by Gasteiger charge is 2.35. The highest BCUT2D eigenvalue weighted by Crippen LogP contribution is 2.38. The van der Waals surface area contributed by atoms with Gasteiger partial charge in [0.2, 0.25) is 0 Å². The number of imide groups is 1. The van der Waals surface area contributed by atoms with Gasteiger partial charge in [-0.1, -0.05) is 29.8 Å². The molecule has 2 amide bonds. The number of nitro groups is 1. The molecular weight excluding hydrogens is 600 g/mol. The fourth-order valence-corrected chi connectivity index (χ4v) is 5.62. The first-order valence-corrected chi connectivity index (χ1v) is 12.8. The number of hydrogen-bond acceptors (Lipinski definition) is 6. The molecule has 10 heteroatoms. The number of aryl methyl sites for hydroxylation is 1. The molecule has 0 saturated carbocycles. The number of rotatable bonds is 7. The Morgan fingerprint density at radius 3 is 2.20 bits per heavy atom. The molecule has 1 fully saturated rings. The number of carbonyl (C=O) groups excluding carboxylic acids is 2. The second-order valence-electron chi connectivity index (χ2n) is 7.78. The first kappa shape index (κ1) is 25.2. The zero-order valence-electron chi connectivity index (χ0n) is 18.4. The van der Waals surface area contributed by atoms with Crippen LogP contribution in [0.2, 0.25) is 0 Å². The molecule has 35 heavy (non-hydrogen) atoms. The van der Waals surface area contributed by atoms with Crippen molar-refractivity contribution >= 4 is 66.5 Å². The van der Waals surface area contributed by atoms with Gasteiger partial charge in [0, 0.05) is 12.1 Å². The number of hydrogen-bond donors (Lipinski definition) is 0. The molecule has 4 rings (SSSR count). The maximum absolute atomic E-state index is 12.9. The lowest BCUT2D eigenvalue weighted by Gasteiger charge is -2.13. The summed E-state index contributed by atoms with van der Waals surface area (Å²) in [6.07, 6.45) is 1.68. The van der Waals surface area contributed by atoms with E-state index in [0.29, 0.717) is 25.2 Å². The molecule has 1 aliphatic heterocycles. The zero-order valence-corrected chi connectivity index (χ0v) is 22.4. The van der Waals surface area contributed by atoms with Crippen LogP contribution in [0.15, 0.2) is 74.5 Å². The third kappa shape index (κ3) is 6.01. The molecule has 3 aromatic carbocycles. The van der Waals surface area contributed by atoms with E-state index in [2.05, 4.69) is 31.9 Å². The summed E-state index contributed by atoms with van der Waals surface area (Å²) in [5, 5.41) is 10.5. The van der Waals surface area contributed by atoms with Crippen molar-refractivity contribution in [2.75, 3.05) is 0 Å². The summed E-state index contributed by atoms with van der Waals surface area (Å²) < 4.78 is 7.19. The summed E-state index contributed by atoms with van der Waals surface area (Å²) in [4.78, 5) is 37.3. The van der Waals surface area contributed by atoms with Crippen LogP contribution in [0, 0.1) is 17.0 Å². The van der Waals surface area contributed by atoms with Crippen LogP contribution in [0.5, 0.6) is 5.75 Å². The molecular formula is C25H18Br2N2O5S. The summed E-state index contributed by atoms with van der Waals surface area (Å²) in [5.41, 5.74) is 3.51. The van der Waals surface area contributed by atoms with Gasteiger partial charge in [0.05, 0.1) is 25.3 Å². The third-order valence-corrected chi connectivity index (χ3v) is 7.27. The normalized spacial score (nSPS) is 14.6. The van der Waals surface area contributed by atoms with Gasteiger partial charge in [-0.25, -0.2) is 0 Å². The predicted molar refractivity (Wildman–Crippen MR) is 142 cm³/mol. The smallest absolute Gasteiger partial charge is 0.293 e. The van der Waals surface area contributed by atoms with E-state index < -0.39 is 4.92 Å². The first-order valence-electron chi connectivity index (χ1n) is 10.4. The van der Waals surface area contributed by atoms with E-state index in [1.807, 2.05) is 31.2 Å². The summed E-state index contributed by atoms with van der Waals surface area (Å²) in [7, 11) is 0. The van der Waals surface area contributed by atoms with Gasteiger partial charge in [-0.05, 0) is 97.6 Å². The molecule has 1 aliphatic rings. The fourth-order valence-electron chi connectivity index (χ4n) is 3.33. The molecule has 0 radical (unpaired) electrons. The van der Waals surface area contributed by atoms with E-state index in [9.17, 15) is 19.7 Å². The van der Waals surface area contributed by atoms with Crippen LogP contribution in [0.25, 0.3) is 6.08 Å². The molecule has 7 nitrogen and oxygen atoms in total. The quantitative estimate of drug-likeness (QED) is 0.158. The van der Waals surface area contributed by atoms with Gasteiger partial charge in [-0.2, -0.15) is 0 Å². The van der Waals surface area contributed by atoms with E-state index in [0.717, 1.165) is 28.5 Å². The van der Waals surface area contributed by atoms with Crippen LogP contribution in [0.4, 0.5) is 10.5 Å². The molecule has 0 spiro atoms. The Labute approximate surface area is 222 Å². The van der Waals surface area contributed by atoms with Gasteiger partial charge in [0.1, 0.15) is 12.4 Å². The van der Waals surface area contributed by atoms with Crippen LogP contribution in [0.1, 0.15) is 22.3 Å². The number of amides is 2. The van der Waals surface area contributed by atoms with Crippen LogP contribution in [-0.4, -0.2) is 21.0 Å². The largest absolute Gasteiger partial charge is 0.487 e. The molecule has 0 bridgehead atoms. The molecule has 0 atom stereocenters. The number of ether oxygens (including phenoxy) is 1. The van der Waals surface area contributed by atoms with Gasteiger partial charge >= 0.3 is 0 Å². The number of nitro benzene ring substituents is 1. The average Bonchev–Trinajstić information content (AvgIpc) is 3.07. The molecule has 0 unspecified atom stereocenters. The van der Waals surface area contributed by atoms with Crippen LogP contribution in [0.3, 0.4) is 0 Å². The molecule has 1 saturated heterocycles. The lowest BCUT2D eigenvalue weighted by atomic mass is 10.1. The fraction of sp³-hybridized carbons (Fsp3) is 0.120. The molecule has 0 aliphatic carbocycles. The Kier molecular flexibility index (Phi) is 7.73. The lowest BCUT2D eigenvalue weighted by Crippen LogP contribution is -2.27. The second-order valence-corrected chi connectivity index (χ2v) is 10.5. The Bertz CT molecular complexity index is 1320. The minimum Gasteiger partial charge on any atom is -0.487 e. The lowest BCUT2D eigenvalue weighted by molar-refractivity contribution is -0.384.